The van der Waals surface area contributed by atoms with Gasteiger partial charge in [-0.1, -0.05) is 6.07 Å². The second-order valence-corrected chi connectivity index (χ2v) is 3.00. The number of carboxylic acids is 1. The molecule has 0 aromatic carbocycles. The maximum absolute atomic E-state index is 10.1. The first-order chi connectivity index (χ1) is 6.55. The highest BCUT2D eigenvalue weighted by molar-refractivity contribution is 5.72. The van der Waals surface area contributed by atoms with Gasteiger partial charge in [0.1, 0.15) is 6.04 Å². The Hall–Kier alpha value is -1.42. The van der Waals surface area contributed by atoms with Gasteiger partial charge < -0.3 is 5.11 Å². The third-order valence-electron chi connectivity index (χ3n) is 1.70. The fourth-order valence-corrected chi connectivity index (χ4v) is 0.533. The Morgan fingerprint density at radius 3 is 1.86 bits per heavy atom. The molecule has 0 bridgehead atoms. The SMILES string of the molecule is CC(C(=O)O)N(C)C.c1ccncc1. The van der Waals surface area contributed by atoms with Crippen molar-refractivity contribution >= 4 is 5.97 Å². The van der Waals surface area contributed by atoms with Crippen molar-refractivity contribution in [1.82, 2.24) is 9.88 Å². The number of hydrogen-bond acceptors (Lipinski definition) is 3. The summed E-state index contributed by atoms with van der Waals surface area (Å²) in [7, 11) is 3.47. The van der Waals surface area contributed by atoms with E-state index in [9.17, 15) is 4.79 Å². The van der Waals surface area contributed by atoms with Gasteiger partial charge in [0.25, 0.3) is 0 Å². The van der Waals surface area contributed by atoms with Crippen LogP contribution in [0, 0.1) is 0 Å². The third-order valence-corrected chi connectivity index (χ3v) is 1.70. The van der Waals surface area contributed by atoms with Crippen LogP contribution in [0.1, 0.15) is 6.92 Å². The van der Waals surface area contributed by atoms with Crippen molar-refractivity contribution in [1.29, 1.82) is 0 Å². The molecule has 0 amide bonds. The average molecular weight is 196 g/mol. The Morgan fingerprint density at radius 1 is 1.29 bits per heavy atom. The number of aliphatic carboxylic acids is 1. The summed E-state index contributed by atoms with van der Waals surface area (Å²) in [5.74, 6) is -0.782. The molecule has 1 unspecified atom stereocenters. The zero-order valence-corrected chi connectivity index (χ0v) is 8.71. The van der Waals surface area contributed by atoms with E-state index in [0.717, 1.165) is 0 Å². The normalized spacial score (nSPS) is 11.4. The van der Waals surface area contributed by atoms with Gasteiger partial charge in [-0.2, -0.15) is 0 Å². The van der Waals surface area contributed by atoms with E-state index >= 15 is 0 Å². The van der Waals surface area contributed by atoms with Gasteiger partial charge in [0, 0.05) is 12.4 Å². The van der Waals surface area contributed by atoms with Gasteiger partial charge in [0.15, 0.2) is 0 Å². The number of aromatic nitrogens is 1. The molecule has 0 saturated heterocycles. The van der Waals surface area contributed by atoms with Crippen LogP contribution in [0.15, 0.2) is 30.6 Å². The van der Waals surface area contributed by atoms with Crippen LogP contribution < -0.4 is 0 Å². The molecule has 4 heteroatoms. The largest absolute Gasteiger partial charge is 0.480 e. The van der Waals surface area contributed by atoms with Crippen LogP contribution in [0.4, 0.5) is 0 Å². The van der Waals surface area contributed by atoms with E-state index < -0.39 is 5.97 Å². The summed E-state index contributed by atoms with van der Waals surface area (Å²) in [6, 6.07) is 5.34. The van der Waals surface area contributed by atoms with Crippen LogP contribution >= 0.6 is 0 Å². The molecule has 0 spiro atoms. The first kappa shape index (κ1) is 12.6. The molecule has 78 valence electrons. The number of nitrogens with zero attached hydrogens (tertiary/aromatic N) is 2. The van der Waals surface area contributed by atoms with Gasteiger partial charge in [-0.3, -0.25) is 14.7 Å². The standard InChI is InChI=1S/C5H11NO2.C5H5N/c1-4(5(7)8)6(2)3;1-2-4-6-5-3-1/h4H,1-3H3,(H,7,8);1-5H. The minimum atomic E-state index is -0.782. The third kappa shape index (κ3) is 6.14. The fraction of sp³-hybridized carbons (Fsp3) is 0.400. The second-order valence-electron chi connectivity index (χ2n) is 3.00. The Bertz CT molecular complexity index is 223. The lowest BCUT2D eigenvalue weighted by atomic mass is 10.3. The molecular weight excluding hydrogens is 180 g/mol. The molecule has 0 radical (unpaired) electrons. The van der Waals surface area contributed by atoms with Crippen molar-refractivity contribution in [2.75, 3.05) is 14.1 Å². The molecule has 1 aromatic heterocycles. The van der Waals surface area contributed by atoms with E-state index in [1.807, 2.05) is 18.2 Å². The fourth-order valence-electron chi connectivity index (χ4n) is 0.533. The predicted molar refractivity (Wildman–Crippen MR) is 55.0 cm³/mol. The molecule has 0 aliphatic rings. The summed E-state index contributed by atoms with van der Waals surface area (Å²) in [6.07, 6.45) is 3.50. The Labute approximate surface area is 84.2 Å². The van der Waals surface area contributed by atoms with Gasteiger partial charge in [-0.25, -0.2) is 0 Å². The minimum absolute atomic E-state index is 0.380. The number of hydrogen-bond donors (Lipinski definition) is 1. The molecule has 1 rings (SSSR count). The highest BCUT2D eigenvalue weighted by Gasteiger charge is 2.11. The molecule has 0 saturated carbocycles. The maximum atomic E-state index is 10.1. The number of carbonyl (C=O) groups is 1. The Morgan fingerprint density at radius 2 is 1.79 bits per heavy atom. The molecule has 0 aliphatic heterocycles. The summed E-state index contributed by atoms with van der Waals surface area (Å²) in [4.78, 5) is 15.5. The zero-order chi connectivity index (χ0) is 11.0. The van der Waals surface area contributed by atoms with Crippen LogP contribution in [-0.2, 0) is 4.79 Å². The Balaban J connectivity index is 0.000000249. The number of pyridine rings is 1. The molecule has 0 fully saturated rings. The van der Waals surface area contributed by atoms with Crippen molar-refractivity contribution in [2.24, 2.45) is 0 Å². The zero-order valence-electron chi connectivity index (χ0n) is 8.71. The van der Waals surface area contributed by atoms with Crippen LogP contribution in [0.3, 0.4) is 0 Å². The topological polar surface area (TPSA) is 53.4 Å². The lowest BCUT2D eigenvalue weighted by Gasteiger charge is -2.13. The minimum Gasteiger partial charge on any atom is -0.480 e. The highest BCUT2D eigenvalue weighted by atomic mass is 16.4. The van der Waals surface area contributed by atoms with Gasteiger partial charge in [0.05, 0.1) is 0 Å². The Kier molecular flexibility index (Phi) is 6.32. The van der Waals surface area contributed by atoms with Crippen molar-refractivity contribution in [2.45, 2.75) is 13.0 Å². The molecular formula is C10H16N2O2. The summed E-state index contributed by atoms with van der Waals surface area (Å²) < 4.78 is 0. The van der Waals surface area contributed by atoms with Gasteiger partial charge >= 0.3 is 5.97 Å². The predicted octanol–water partition coefficient (Wildman–Crippen LogP) is 1.10. The van der Waals surface area contributed by atoms with Gasteiger partial charge in [-0.05, 0) is 33.2 Å². The highest BCUT2D eigenvalue weighted by Crippen LogP contribution is 1.88. The molecule has 1 N–H and O–H groups in total. The van der Waals surface area contributed by atoms with E-state index in [1.54, 1.807) is 38.3 Å². The number of carboxylic acid groups (broad SMARTS) is 1. The van der Waals surface area contributed by atoms with E-state index in [-0.39, 0.29) is 6.04 Å². The summed E-state index contributed by atoms with van der Waals surface area (Å²) >= 11 is 0. The molecule has 0 aliphatic carbocycles. The smallest absolute Gasteiger partial charge is 0.320 e. The van der Waals surface area contributed by atoms with Crippen molar-refractivity contribution in [3.05, 3.63) is 30.6 Å². The van der Waals surface area contributed by atoms with Crippen LogP contribution in [0.25, 0.3) is 0 Å². The van der Waals surface area contributed by atoms with Crippen molar-refractivity contribution in [3.8, 4) is 0 Å². The maximum Gasteiger partial charge on any atom is 0.320 e. The van der Waals surface area contributed by atoms with E-state index in [2.05, 4.69) is 4.98 Å². The quantitative estimate of drug-likeness (QED) is 0.769. The summed E-state index contributed by atoms with van der Waals surface area (Å²) in [5, 5.41) is 8.31. The summed E-state index contributed by atoms with van der Waals surface area (Å²) in [5.41, 5.74) is 0. The monoisotopic (exact) mass is 196 g/mol. The van der Waals surface area contributed by atoms with E-state index in [1.165, 1.54) is 0 Å². The molecule has 1 heterocycles. The lowest BCUT2D eigenvalue weighted by molar-refractivity contribution is -0.141. The van der Waals surface area contributed by atoms with Crippen molar-refractivity contribution < 1.29 is 9.90 Å². The first-order valence-corrected chi connectivity index (χ1v) is 4.30. The molecule has 1 aromatic rings. The first-order valence-electron chi connectivity index (χ1n) is 4.30. The van der Waals surface area contributed by atoms with Gasteiger partial charge in [0.2, 0.25) is 0 Å². The average Bonchev–Trinajstić information content (AvgIpc) is 2.20. The number of likely N-dealkylation sites (N-methyl/N-ethyl adjacent to an activating group) is 1. The van der Waals surface area contributed by atoms with Crippen LogP contribution in [-0.4, -0.2) is 41.1 Å². The van der Waals surface area contributed by atoms with Crippen molar-refractivity contribution in [3.63, 3.8) is 0 Å². The lowest BCUT2D eigenvalue weighted by Crippen LogP contribution is -2.32. The van der Waals surface area contributed by atoms with E-state index in [0.29, 0.717) is 0 Å². The summed E-state index contributed by atoms with van der Waals surface area (Å²) in [6.45, 7) is 1.64. The number of rotatable bonds is 2. The van der Waals surface area contributed by atoms with Crippen LogP contribution in [0.2, 0.25) is 0 Å². The van der Waals surface area contributed by atoms with Gasteiger partial charge in [-0.15, -0.1) is 0 Å². The molecule has 1 atom stereocenters. The molecule has 14 heavy (non-hydrogen) atoms. The molecule has 4 nitrogen and oxygen atoms in total. The van der Waals surface area contributed by atoms with Crippen LogP contribution in [0.5, 0.6) is 0 Å². The second kappa shape index (κ2) is 7.03. The van der Waals surface area contributed by atoms with E-state index in [4.69, 9.17) is 5.11 Å².